The highest BCUT2D eigenvalue weighted by Crippen LogP contribution is 2.39. The van der Waals surface area contributed by atoms with Crippen LogP contribution in [0.5, 0.6) is 0 Å². The van der Waals surface area contributed by atoms with Crippen LogP contribution in [0.25, 0.3) is 49.2 Å². The second-order valence-electron chi connectivity index (χ2n) is 7.12. The smallest absolute Gasteiger partial charge is 0.00484 e. The SMILES string of the molecule is ClC=Cc1ccccc1.c1cc2cccc3c4cccc5cccc(c(c1)c23)c54. The molecule has 0 fully saturated rings. The van der Waals surface area contributed by atoms with Crippen LogP contribution in [0.2, 0.25) is 0 Å². The Morgan fingerprint density at radius 3 is 1.24 bits per heavy atom. The van der Waals surface area contributed by atoms with Crippen molar-refractivity contribution in [1.29, 1.82) is 0 Å². The van der Waals surface area contributed by atoms with Crippen LogP contribution in [0, 0.1) is 0 Å². The first kappa shape index (κ1) is 17.7. The summed E-state index contributed by atoms with van der Waals surface area (Å²) in [5, 5.41) is 10.9. The van der Waals surface area contributed by atoms with Gasteiger partial charge >= 0.3 is 0 Å². The van der Waals surface area contributed by atoms with Crippen LogP contribution < -0.4 is 0 Å². The zero-order valence-electron chi connectivity index (χ0n) is 15.8. The Morgan fingerprint density at radius 2 is 0.862 bits per heavy atom. The lowest BCUT2D eigenvalue weighted by molar-refractivity contribution is 1.66. The molecular formula is C28H19Cl. The third kappa shape index (κ3) is 3.12. The topological polar surface area (TPSA) is 0 Å². The molecule has 0 nitrogen and oxygen atoms in total. The first-order valence-corrected chi connectivity index (χ1v) is 10.2. The Balaban J connectivity index is 0.000000171. The van der Waals surface area contributed by atoms with E-state index < -0.39 is 0 Å². The number of hydrogen-bond donors (Lipinski definition) is 0. The van der Waals surface area contributed by atoms with Gasteiger partial charge in [-0.2, -0.15) is 0 Å². The second kappa shape index (κ2) is 7.58. The fourth-order valence-electron chi connectivity index (χ4n) is 4.22. The van der Waals surface area contributed by atoms with Gasteiger partial charge in [0.1, 0.15) is 0 Å². The third-order valence-electron chi connectivity index (χ3n) is 5.44. The molecule has 29 heavy (non-hydrogen) atoms. The summed E-state index contributed by atoms with van der Waals surface area (Å²) in [4.78, 5) is 0. The fraction of sp³-hybridized carbons (Fsp3) is 0. The van der Waals surface area contributed by atoms with Crippen molar-refractivity contribution >= 4 is 60.8 Å². The van der Waals surface area contributed by atoms with E-state index in [9.17, 15) is 0 Å². The molecule has 6 aromatic rings. The number of benzene rings is 6. The molecule has 6 aromatic carbocycles. The molecule has 6 rings (SSSR count). The Morgan fingerprint density at radius 1 is 0.448 bits per heavy atom. The van der Waals surface area contributed by atoms with Crippen molar-refractivity contribution in [3.63, 3.8) is 0 Å². The fourth-order valence-corrected chi connectivity index (χ4v) is 4.36. The molecule has 0 aliphatic carbocycles. The minimum absolute atomic E-state index is 1.13. The van der Waals surface area contributed by atoms with E-state index in [1.165, 1.54) is 48.6 Å². The summed E-state index contributed by atoms with van der Waals surface area (Å²) in [6, 6.07) is 36.4. The van der Waals surface area contributed by atoms with Crippen LogP contribution in [0.1, 0.15) is 5.56 Å². The van der Waals surface area contributed by atoms with E-state index in [1.807, 2.05) is 36.4 Å². The van der Waals surface area contributed by atoms with Crippen molar-refractivity contribution in [1.82, 2.24) is 0 Å². The van der Waals surface area contributed by atoms with Gasteiger partial charge in [0.05, 0.1) is 0 Å². The maximum Gasteiger partial charge on any atom is 0.00484 e. The number of fused-ring (bicyclic) bond motifs is 2. The summed E-state index contributed by atoms with van der Waals surface area (Å²) in [7, 11) is 0. The van der Waals surface area contributed by atoms with Gasteiger partial charge < -0.3 is 0 Å². The predicted molar refractivity (Wildman–Crippen MR) is 129 cm³/mol. The zero-order valence-corrected chi connectivity index (χ0v) is 16.6. The molecule has 0 saturated heterocycles. The minimum atomic E-state index is 1.13. The van der Waals surface area contributed by atoms with Crippen molar-refractivity contribution in [2.24, 2.45) is 0 Å². The first-order chi connectivity index (χ1) is 14.4. The molecule has 0 aliphatic heterocycles. The van der Waals surface area contributed by atoms with Crippen LogP contribution in [0.15, 0.2) is 109 Å². The first-order valence-electron chi connectivity index (χ1n) is 9.73. The zero-order chi connectivity index (χ0) is 19.6. The normalized spacial score (nSPS) is 11.5. The Bertz CT molecular complexity index is 1280. The monoisotopic (exact) mass is 390 g/mol. The standard InChI is InChI=1S/C20H12.C8H7Cl/c1-5-13-6-2-11-17-18-12-4-8-14-7-3-10-16(20(14)18)15(9-1)19(13)17;9-7-6-8-4-2-1-3-5-8/h1-12H;1-7H. The van der Waals surface area contributed by atoms with Crippen molar-refractivity contribution in [2.75, 3.05) is 0 Å². The van der Waals surface area contributed by atoms with Gasteiger partial charge in [-0.1, -0.05) is 115 Å². The summed E-state index contributed by atoms with van der Waals surface area (Å²) in [6.45, 7) is 0. The number of halogens is 1. The highest BCUT2D eigenvalue weighted by molar-refractivity contribution is 6.32. The molecule has 0 amide bonds. The maximum atomic E-state index is 5.36. The molecular weight excluding hydrogens is 372 g/mol. The van der Waals surface area contributed by atoms with E-state index in [2.05, 4.69) is 72.8 Å². The summed E-state index contributed by atoms with van der Waals surface area (Å²) in [5.74, 6) is 0. The average Bonchev–Trinajstić information content (AvgIpc) is 2.79. The van der Waals surface area contributed by atoms with E-state index in [0.29, 0.717) is 0 Å². The van der Waals surface area contributed by atoms with Gasteiger partial charge in [0.2, 0.25) is 0 Å². The van der Waals surface area contributed by atoms with Crippen LogP contribution in [-0.2, 0) is 0 Å². The number of rotatable bonds is 1. The van der Waals surface area contributed by atoms with E-state index in [-0.39, 0.29) is 0 Å². The van der Waals surface area contributed by atoms with E-state index >= 15 is 0 Å². The molecule has 138 valence electrons. The van der Waals surface area contributed by atoms with Crippen LogP contribution >= 0.6 is 11.6 Å². The molecule has 0 saturated carbocycles. The highest BCUT2D eigenvalue weighted by Gasteiger charge is 2.11. The quantitative estimate of drug-likeness (QED) is 0.194. The summed E-state index contributed by atoms with van der Waals surface area (Å²) in [6.07, 6.45) is 1.85. The van der Waals surface area contributed by atoms with Gasteiger partial charge in [0, 0.05) is 5.54 Å². The summed E-state index contributed by atoms with van der Waals surface area (Å²) >= 11 is 5.36. The Hall–Kier alpha value is -3.35. The molecule has 0 radical (unpaired) electrons. The molecule has 0 aromatic heterocycles. The molecule has 1 heteroatoms. The van der Waals surface area contributed by atoms with Crippen LogP contribution in [0.3, 0.4) is 0 Å². The van der Waals surface area contributed by atoms with E-state index in [0.717, 1.165) is 5.56 Å². The summed E-state index contributed by atoms with van der Waals surface area (Å²) in [5.41, 5.74) is 2.64. The van der Waals surface area contributed by atoms with Gasteiger partial charge in [-0.05, 0) is 54.7 Å². The Kier molecular flexibility index (Phi) is 4.63. The predicted octanol–water partition coefficient (Wildman–Crippen LogP) is 8.63. The van der Waals surface area contributed by atoms with Crippen molar-refractivity contribution < 1.29 is 0 Å². The minimum Gasteiger partial charge on any atom is -0.0929 e. The lowest BCUT2D eigenvalue weighted by atomic mass is 9.90. The van der Waals surface area contributed by atoms with Crippen molar-refractivity contribution in [3.8, 4) is 0 Å². The molecule has 0 heterocycles. The van der Waals surface area contributed by atoms with Gasteiger partial charge in [-0.25, -0.2) is 0 Å². The van der Waals surface area contributed by atoms with Crippen LogP contribution in [0.4, 0.5) is 0 Å². The average molecular weight is 391 g/mol. The molecule has 0 aliphatic rings. The molecule has 0 N–H and O–H groups in total. The van der Waals surface area contributed by atoms with E-state index in [4.69, 9.17) is 11.6 Å². The molecule has 0 spiro atoms. The summed E-state index contributed by atoms with van der Waals surface area (Å²) < 4.78 is 0. The van der Waals surface area contributed by atoms with Gasteiger partial charge in [-0.15, -0.1) is 0 Å². The van der Waals surface area contributed by atoms with Crippen molar-refractivity contribution in [3.05, 3.63) is 114 Å². The highest BCUT2D eigenvalue weighted by atomic mass is 35.5. The van der Waals surface area contributed by atoms with Gasteiger partial charge in [0.15, 0.2) is 0 Å². The van der Waals surface area contributed by atoms with Gasteiger partial charge in [0.25, 0.3) is 0 Å². The molecule has 0 bridgehead atoms. The second-order valence-corrected chi connectivity index (χ2v) is 7.37. The largest absolute Gasteiger partial charge is 0.0929 e. The van der Waals surface area contributed by atoms with E-state index in [1.54, 1.807) is 0 Å². The molecule has 0 atom stereocenters. The van der Waals surface area contributed by atoms with Crippen LogP contribution in [-0.4, -0.2) is 0 Å². The van der Waals surface area contributed by atoms with Gasteiger partial charge in [-0.3, -0.25) is 0 Å². The molecule has 0 unspecified atom stereocenters. The number of hydrogen-bond acceptors (Lipinski definition) is 0. The van der Waals surface area contributed by atoms with Crippen molar-refractivity contribution in [2.45, 2.75) is 0 Å². The third-order valence-corrected chi connectivity index (χ3v) is 5.57. The lowest BCUT2D eigenvalue weighted by Crippen LogP contribution is -1.85. The lowest BCUT2D eigenvalue weighted by Gasteiger charge is -2.13. The Labute approximate surface area is 175 Å². The maximum absolute atomic E-state index is 5.36.